The monoisotopic (exact) mass is 392 g/mol. The number of anilines is 3. The number of hydrogen-bond donors (Lipinski definition) is 2. The van der Waals surface area contributed by atoms with Gasteiger partial charge in [-0.05, 0) is 24.3 Å². The van der Waals surface area contributed by atoms with E-state index < -0.39 is 0 Å². The van der Waals surface area contributed by atoms with Crippen LogP contribution in [-0.4, -0.2) is 25.8 Å². The van der Waals surface area contributed by atoms with Gasteiger partial charge in [0.1, 0.15) is 17.8 Å². The van der Waals surface area contributed by atoms with Crippen LogP contribution in [0.1, 0.15) is 10.5 Å². The van der Waals surface area contributed by atoms with Gasteiger partial charge in [-0.15, -0.1) is 0 Å². The lowest BCUT2D eigenvalue weighted by atomic mass is 10.2. The molecule has 3 heterocycles. The average Bonchev–Trinajstić information content (AvgIpc) is 2.80. The van der Waals surface area contributed by atoms with Crippen LogP contribution in [0.15, 0.2) is 85.5 Å². The predicted octanol–water partition coefficient (Wildman–Crippen LogP) is 4.57. The zero-order valence-electron chi connectivity index (χ0n) is 15.8. The van der Waals surface area contributed by atoms with E-state index in [0.717, 1.165) is 27.5 Å². The van der Waals surface area contributed by atoms with Gasteiger partial charge >= 0.3 is 0 Å². The average molecular weight is 392 g/mol. The van der Waals surface area contributed by atoms with Gasteiger partial charge in [-0.3, -0.25) is 14.8 Å². The minimum Gasteiger partial charge on any atom is -0.338 e. The molecule has 0 bridgehead atoms. The number of pyridine rings is 2. The van der Waals surface area contributed by atoms with E-state index in [0.29, 0.717) is 11.5 Å². The van der Waals surface area contributed by atoms with E-state index in [2.05, 4.69) is 30.6 Å². The van der Waals surface area contributed by atoms with Crippen LogP contribution in [0.3, 0.4) is 0 Å². The van der Waals surface area contributed by atoms with Gasteiger partial charge in [0.25, 0.3) is 5.91 Å². The van der Waals surface area contributed by atoms with Gasteiger partial charge in [0, 0.05) is 29.2 Å². The summed E-state index contributed by atoms with van der Waals surface area (Å²) in [6.07, 6.45) is 4.80. The first-order valence-corrected chi connectivity index (χ1v) is 9.36. The number of carbonyl (C=O) groups excluding carboxylic acids is 1. The SMILES string of the molecule is O=C(Nc1cccc2cccnc12)c1cc(Nc2cccc3cccnc23)ncn1. The number of carbonyl (C=O) groups is 1. The fourth-order valence-electron chi connectivity index (χ4n) is 3.28. The topological polar surface area (TPSA) is 92.7 Å². The molecule has 0 unspecified atom stereocenters. The fourth-order valence-corrected chi connectivity index (χ4v) is 3.28. The molecule has 0 fully saturated rings. The van der Waals surface area contributed by atoms with Crippen LogP contribution in [0.5, 0.6) is 0 Å². The van der Waals surface area contributed by atoms with Crippen molar-refractivity contribution in [2.75, 3.05) is 10.6 Å². The highest BCUT2D eigenvalue weighted by atomic mass is 16.1. The van der Waals surface area contributed by atoms with E-state index in [4.69, 9.17) is 0 Å². The lowest BCUT2D eigenvalue weighted by Crippen LogP contribution is -2.14. The molecule has 7 nitrogen and oxygen atoms in total. The number of aromatic nitrogens is 4. The number of nitrogens with one attached hydrogen (secondary N) is 2. The molecule has 5 rings (SSSR count). The maximum Gasteiger partial charge on any atom is 0.274 e. The molecule has 0 aliphatic heterocycles. The summed E-state index contributed by atoms with van der Waals surface area (Å²) in [6.45, 7) is 0. The molecule has 0 saturated carbocycles. The lowest BCUT2D eigenvalue weighted by Gasteiger charge is -2.10. The van der Waals surface area contributed by atoms with Gasteiger partial charge in [-0.1, -0.05) is 36.4 Å². The highest BCUT2D eigenvalue weighted by Crippen LogP contribution is 2.24. The van der Waals surface area contributed by atoms with Crippen molar-refractivity contribution in [2.45, 2.75) is 0 Å². The number of para-hydroxylation sites is 2. The summed E-state index contributed by atoms with van der Waals surface area (Å²) in [7, 11) is 0. The Balaban J connectivity index is 1.42. The van der Waals surface area contributed by atoms with Crippen molar-refractivity contribution in [1.82, 2.24) is 19.9 Å². The van der Waals surface area contributed by atoms with Crippen LogP contribution in [0.25, 0.3) is 21.8 Å². The third-order valence-corrected chi connectivity index (χ3v) is 4.68. The van der Waals surface area contributed by atoms with Crippen molar-refractivity contribution in [3.63, 3.8) is 0 Å². The molecule has 0 radical (unpaired) electrons. The van der Waals surface area contributed by atoms with E-state index in [-0.39, 0.29) is 11.6 Å². The number of hydrogen-bond acceptors (Lipinski definition) is 6. The molecule has 3 aromatic heterocycles. The van der Waals surface area contributed by atoms with E-state index in [1.807, 2.05) is 60.7 Å². The van der Waals surface area contributed by atoms with Crippen molar-refractivity contribution in [3.05, 3.63) is 91.1 Å². The number of amides is 1. The summed E-state index contributed by atoms with van der Waals surface area (Å²) in [6, 6.07) is 20.8. The molecule has 0 atom stereocenters. The Hall–Kier alpha value is -4.39. The van der Waals surface area contributed by atoms with Crippen LogP contribution in [0.4, 0.5) is 17.2 Å². The van der Waals surface area contributed by atoms with Crippen molar-refractivity contribution >= 4 is 44.9 Å². The number of rotatable bonds is 4. The molecule has 7 heteroatoms. The first-order chi connectivity index (χ1) is 14.8. The highest BCUT2D eigenvalue weighted by Gasteiger charge is 2.12. The Morgan fingerprint density at radius 3 is 2.07 bits per heavy atom. The minimum absolute atomic E-state index is 0.244. The molecular formula is C23H16N6O. The van der Waals surface area contributed by atoms with Crippen molar-refractivity contribution in [1.29, 1.82) is 0 Å². The summed E-state index contributed by atoms with van der Waals surface area (Å²) < 4.78 is 0. The van der Waals surface area contributed by atoms with Crippen LogP contribution >= 0.6 is 0 Å². The van der Waals surface area contributed by atoms with E-state index in [1.54, 1.807) is 18.5 Å². The van der Waals surface area contributed by atoms with Gasteiger partial charge in [0.05, 0.1) is 22.4 Å². The second kappa shape index (κ2) is 7.56. The lowest BCUT2D eigenvalue weighted by molar-refractivity contribution is 0.102. The summed E-state index contributed by atoms with van der Waals surface area (Å²) >= 11 is 0. The van der Waals surface area contributed by atoms with Crippen molar-refractivity contribution in [3.8, 4) is 0 Å². The Bertz CT molecular complexity index is 1370. The second-order valence-electron chi connectivity index (χ2n) is 6.63. The molecule has 0 aliphatic rings. The minimum atomic E-state index is -0.338. The number of nitrogens with zero attached hydrogens (tertiary/aromatic N) is 4. The summed E-state index contributed by atoms with van der Waals surface area (Å²) in [5, 5.41) is 8.08. The summed E-state index contributed by atoms with van der Waals surface area (Å²) in [5.41, 5.74) is 3.23. The number of benzene rings is 2. The Kier molecular flexibility index (Phi) is 4.46. The summed E-state index contributed by atoms with van der Waals surface area (Å²) in [4.78, 5) is 30.0. The Labute approximate surface area is 171 Å². The Morgan fingerprint density at radius 1 is 0.700 bits per heavy atom. The largest absolute Gasteiger partial charge is 0.338 e. The smallest absolute Gasteiger partial charge is 0.274 e. The zero-order chi connectivity index (χ0) is 20.3. The quantitative estimate of drug-likeness (QED) is 0.465. The Morgan fingerprint density at radius 2 is 1.33 bits per heavy atom. The molecule has 5 aromatic rings. The third kappa shape index (κ3) is 3.40. The second-order valence-corrected chi connectivity index (χ2v) is 6.63. The first kappa shape index (κ1) is 17.7. The third-order valence-electron chi connectivity index (χ3n) is 4.68. The molecular weight excluding hydrogens is 376 g/mol. The number of fused-ring (bicyclic) bond motifs is 2. The zero-order valence-corrected chi connectivity index (χ0v) is 15.8. The van der Waals surface area contributed by atoms with Crippen molar-refractivity contribution in [2.24, 2.45) is 0 Å². The van der Waals surface area contributed by atoms with Gasteiger partial charge in [0.15, 0.2) is 0 Å². The molecule has 2 aromatic carbocycles. The fraction of sp³-hybridized carbons (Fsp3) is 0. The highest BCUT2D eigenvalue weighted by molar-refractivity contribution is 6.07. The molecule has 2 N–H and O–H groups in total. The molecule has 0 aliphatic carbocycles. The first-order valence-electron chi connectivity index (χ1n) is 9.36. The van der Waals surface area contributed by atoms with E-state index in [1.165, 1.54) is 6.33 Å². The maximum absolute atomic E-state index is 12.8. The van der Waals surface area contributed by atoms with Crippen molar-refractivity contribution < 1.29 is 4.79 Å². The normalized spacial score (nSPS) is 10.8. The molecule has 144 valence electrons. The van der Waals surface area contributed by atoms with E-state index >= 15 is 0 Å². The molecule has 0 saturated heterocycles. The van der Waals surface area contributed by atoms with Crippen LogP contribution in [0, 0.1) is 0 Å². The molecule has 1 amide bonds. The standard InChI is InChI=1S/C23H16N6O/c30-23(29-18-10-2-6-16-8-4-12-25-22(16)18)19-13-20(27-14-26-19)28-17-9-1-5-15-7-3-11-24-21(15)17/h1-14H,(H,29,30)(H,26,27,28). The maximum atomic E-state index is 12.8. The van der Waals surface area contributed by atoms with Gasteiger partial charge in [-0.2, -0.15) is 0 Å². The van der Waals surface area contributed by atoms with Crippen LogP contribution in [0.2, 0.25) is 0 Å². The predicted molar refractivity (Wildman–Crippen MR) is 117 cm³/mol. The van der Waals surface area contributed by atoms with Crippen LogP contribution in [-0.2, 0) is 0 Å². The van der Waals surface area contributed by atoms with Crippen LogP contribution < -0.4 is 10.6 Å². The van der Waals surface area contributed by atoms with Gasteiger partial charge < -0.3 is 10.6 Å². The summed E-state index contributed by atoms with van der Waals surface area (Å²) in [5.74, 6) is 0.166. The van der Waals surface area contributed by atoms with Gasteiger partial charge in [-0.25, -0.2) is 9.97 Å². The molecule has 0 spiro atoms. The molecule has 30 heavy (non-hydrogen) atoms. The van der Waals surface area contributed by atoms with Gasteiger partial charge in [0.2, 0.25) is 0 Å². The van der Waals surface area contributed by atoms with E-state index in [9.17, 15) is 4.79 Å².